The minimum Gasteiger partial charge on any atom is -0.0899 e. The highest BCUT2D eigenvalue weighted by atomic mass is 33.1. The monoisotopic (exact) mass is 206 g/mol. The van der Waals surface area contributed by atoms with Crippen LogP contribution in [-0.2, 0) is 0 Å². The van der Waals surface area contributed by atoms with E-state index in [4.69, 9.17) is 0 Å². The number of hydrogen-bond donors (Lipinski definition) is 0. The summed E-state index contributed by atoms with van der Waals surface area (Å²) in [5.41, 5.74) is 0.420. The number of rotatable bonds is 2. The second-order valence-electron chi connectivity index (χ2n) is 5.30. The zero-order chi connectivity index (χ0) is 9.99. The Morgan fingerprint density at radius 2 is 1.33 bits per heavy atom. The molecule has 1 atom stereocenters. The lowest BCUT2D eigenvalue weighted by molar-refractivity contribution is 0.412. The van der Waals surface area contributed by atoms with Gasteiger partial charge in [0.1, 0.15) is 0 Å². The molecule has 12 heavy (non-hydrogen) atoms. The molecule has 0 amide bonds. The molecule has 0 aliphatic rings. The summed E-state index contributed by atoms with van der Waals surface area (Å²) < 4.78 is 0.379. The molecular weight excluding hydrogens is 184 g/mol. The molecule has 0 saturated heterocycles. The van der Waals surface area contributed by atoms with Gasteiger partial charge in [0, 0.05) is 10.00 Å². The molecule has 0 aliphatic heterocycles. The minimum atomic E-state index is 0.379. The molecule has 0 N–H and O–H groups in total. The van der Waals surface area contributed by atoms with Crippen LogP contribution in [0.3, 0.4) is 0 Å². The average Bonchev–Trinajstić information content (AvgIpc) is 1.78. The van der Waals surface area contributed by atoms with Crippen LogP contribution in [-0.4, -0.2) is 10.00 Å². The molecule has 0 fully saturated rings. The molecule has 0 saturated carbocycles. The fraction of sp³-hybridized carbons (Fsp3) is 1.00. The van der Waals surface area contributed by atoms with Crippen LogP contribution in [0.2, 0.25) is 0 Å². The van der Waals surface area contributed by atoms with Crippen molar-refractivity contribution < 1.29 is 0 Å². The molecule has 0 heterocycles. The van der Waals surface area contributed by atoms with Gasteiger partial charge in [0.2, 0.25) is 0 Å². The first kappa shape index (κ1) is 12.7. The van der Waals surface area contributed by atoms with Gasteiger partial charge in [0.15, 0.2) is 0 Å². The zero-order valence-corrected chi connectivity index (χ0v) is 11.0. The minimum absolute atomic E-state index is 0.379. The first-order valence-electron chi connectivity index (χ1n) is 4.47. The molecule has 0 radical (unpaired) electrons. The van der Waals surface area contributed by atoms with E-state index in [1.165, 1.54) is 0 Å². The van der Waals surface area contributed by atoms with E-state index in [9.17, 15) is 0 Å². The molecule has 0 spiro atoms. The molecule has 0 bridgehead atoms. The standard InChI is InChI=1S/C10H22S2/c1-8(9(2,3)4)11-12-10(5,6)7/h8H,1-7H3. The summed E-state index contributed by atoms with van der Waals surface area (Å²) >= 11 is 0. The Bertz CT molecular complexity index is 128. The van der Waals surface area contributed by atoms with Crippen LogP contribution < -0.4 is 0 Å². The van der Waals surface area contributed by atoms with Gasteiger partial charge in [-0.05, 0) is 5.41 Å². The van der Waals surface area contributed by atoms with Gasteiger partial charge in [-0.2, -0.15) is 0 Å². The Hall–Kier alpha value is 0.700. The quantitative estimate of drug-likeness (QED) is 0.606. The lowest BCUT2D eigenvalue weighted by Crippen LogP contribution is -2.19. The van der Waals surface area contributed by atoms with Crippen LogP contribution in [0, 0.1) is 5.41 Å². The summed E-state index contributed by atoms with van der Waals surface area (Å²) in [5.74, 6) is 0. The van der Waals surface area contributed by atoms with Crippen molar-refractivity contribution in [3.63, 3.8) is 0 Å². The van der Waals surface area contributed by atoms with Gasteiger partial charge in [0.05, 0.1) is 0 Å². The molecule has 0 aromatic rings. The van der Waals surface area contributed by atoms with Crippen LogP contribution in [0.4, 0.5) is 0 Å². The van der Waals surface area contributed by atoms with Gasteiger partial charge in [-0.3, -0.25) is 0 Å². The predicted octanol–water partition coefficient (Wildman–Crippen LogP) is 4.60. The van der Waals surface area contributed by atoms with Crippen molar-refractivity contribution in [2.24, 2.45) is 5.41 Å². The van der Waals surface area contributed by atoms with E-state index in [0.29, 0.717) is 15.4 Å². The molecule has 0 aromatic heterocycles. The highest BCUT2D eigenvalue weighted by Gasteiger charge is 2.23. The maximum atomic E-state index is 2.31. The Kier molecular flexibility index (Phi) is 4.53. The van der Waals surface area contributed by atoms with E-state index in [2.05, 4.69) is 48.5 Å². The molecule has 0 aromatic carbocycles. The Morgan fingerprint density at radius 1 is 0.917 bits per heavy atom. The molecule has 0 rings (SSSR count). The van der Waals surface area contributed by atoms with Crippen molar-refractivity contribution in [3.05, 3.63) is 0 Å². The summed E-state index contributed by atoms with van der Waals surface area (Å²) in [6.07, 6.45) is 0. The molecular formula is C10H22S2. The summed E-state index contributed by atoms with van der Waals surface area (Å²) in [5, 5.41) is 0.710. The van der Waals surface area contributed by atoms with Gasteiger partial charge < -0.3 is 0 Å². The van der Waals surface area contributed by atoms with Gasteiger partial charge >= 0.3 is 0 Å². The topological polar surface area (TPSA) is 0 Å². The Balaban J connectivity index is 3.80. The third-order valence-electron chi connectivity index (χ3n) is 1.66. The fourth-order valence-electron chi connectivity index (χ4n) is 0.361. The Labute approximate surface area is 85.7 Å². The molecule has 1 unspecified atom stereocenters. The largest absolute Gasteiger partial charge is 0.0899 e. The lowest BCUT2D eigenvalue weighted by atomic mass is 9.93. The van der Waals surface area contributed by atoms with Crippen LogP contribution in [0.25, 0.3) is 0 Å². The van der Waals surface area contributed by atoms with Crippen LogP contribution in [0.1, 0.15) is 48.5 Å². The highest BCUT2D eigenvalue weighted by Crippen LogP contribution is 2.43. The fourth-order valence-corrected chi connectivity index (χ4v) is 3.25. The SMILES string of the molecule is CC(SSC(C)(C)C)C(C)(C)C. The third-order valence-corrected chi connectivity index (χ3v) is 5.91. The summed E-state index contributed by atoms with van der Waals surface area (Å²) in [7, 11) is 3.99. The summed E-state index contributed by atoms with van der Waals surface area (Å²) in [6.45, 7) is 16.0. The summed E-state index contributed by atoms with van der Waals surface area (Å²) in [6, 6.07) is 0. The van der Waals surface area contributed by atoms with E-state index < -0.39 is 0 Å². The van der Waals surface area contributed by atoms with E-state index in [-0.39, 0.29) is 0 Å². The lowest BCUT2D eigenvalue weighted by Gasteiger charge is -2.28. The maximum absolute atomic E-state index is 2.31. The zero-order valence-electron chi connectivity index (χ0n) is 9.39. The van der Waals surface area contributed by atoms with Gasteiger partial charge in [0.25, 0.3) is 0 Å². The molecule has 0 nitrogen and oxygen atoms in total. The second-order valence-corrected chi connectivity index (χ2v) is 8.67. The first-order valence-corrected chi connectivity index (χ1v) is 6.69. The predicted molar refractivity (Wildman–Crippen MR) is 63.9 cm³/mol. The van der Waals surface area contributed by atoms with Crippen molar-refractivity contribution in [1.82, 2.24) is 0 Å². The van der Waals surface area contributed by atoms with Crippen molar-refractivity contribution in [3.8, 4) is 0 Å². The molecule has 74 valence electrons. The van der Waals surface area contributed by atoms with Crippen molar-refractivity contribution >= 4 is 21.6 Å². The van der Waals surface area contributed by atoms with Gasteiger partial charge in [-0.15, -0.1) is 0 Å². The first-order chi connectivity index (χ1) is 5.13. The van der Waals surface area contributed by atoms with Gasteiger partial charge in [-0.1, -0.05) is 70.1 Å². The Morgan fingerprint density at radius 3 is 1.58 bits per heavy atom. The van der Waals surface area contributed by atoms with Crippen molar-refractivity contribution in [1.29, 1.82) is 0 Å². The highest BCUT2D eigenvalue weighted by molar-refractivity contribution is 8.77. The van der Waals surface area contributed by atoms with Crippen molar-refractivity contribution in [2.45, 2.75) is 58.5 Å². The summed E-state index contributed by atoms with van der Waals surface area (Å²) in [4.78, 5) is 0. The normalized spacial score (nSPS) is 16.2. The van der Waals surface area contributed by atoms with Crippen LogP contribution >= 0.6 is 21.6 Å². The van der Waals surface area contributed by atoms with Crippen molar-refractivity contribution in [2.75, 3.05) is 0 Å². The number of hydrogen-bond acceptors (Lipinski definition) is 2. The second kappa shape index (κ2) is 4.28. The molecule has 0 aliphatic carbocycles. The van der Waals surface area contributed by atoms with E-state index in [0.717, 1.165) is 0 Å². The van der Waals surface area contributed by atoms with E-state index in [1.54, 1.807) is 0 Å². The van der Waals surface area contributed by atoms with Gasteiger partial charge in [-0.25, -0.2) is 0 Å². The third kappa shape index (κ3) is 6.24. The van der Waals surface area contributed by atoms with E-state index in [1.807, 2.05) is 21.6 Å². The van der Waals surface area contributed by atoms with Crippen LogP contribution in [0.5, 0.6) is 0 Å². The van der Waals surface area contributed by atoms with Crippen LogP contribution in [0.15, 0.2) is 0 Å². The molecule has 2 heteroatoms. The maximum Gasteiger partial charge on any atom is 0.0179 e. The average molecular weight is 206 g/mol. The smallest absolute Gasteiger partial charge is 0.0179 e. The van der Waals surface area contributed by atoms with E-state index >= 15 is 0 Å².